The molecule has 0 spiro atoms. The minimum atomic E-state index is -0.222. The van der Waals surface area contributed by atoms with Crippen molar-refractivity contribution in [3.05, 3.63) is 18.2 Å². The molecule has 1 aromatic carbocycles. The molecule has 19 heavy (non-hydrogen) atoms. The minimum Gasteiger partial charge on any atom is -0.371 e. The fraction of sp³-hybridized carbons (Fsp3) is 0.385. The van der Waals surface area contributed by atoms with E-state index in [0.29, 0.717) is 5.13 Å². The molecule has 0 bridgehead atoms. The summed E-state index contributed by atoms with van der Waals surface area (Å²) in [6.07, 6.45) is 2.52. The number of amides is 1. The number of nitrogens with zero attached hydrogens (tertiary/aromatic N) is 2. The lowest BCUT2D eigenvalue weighted by atomic mass is 10.3. The van der Waals surface area contributed by atoms with Crippen molar-refractivity contribution in [2.45, 2.75) is 12.8 Å². The van der Waals surface area contributed by atoms with Crippen LogP contribution in [0.3, 0.4) is 0 Å². The maximum Gasteiger partial charge on any atom is 0.241 e. The molecule has 2 heterocycles. The van der Waals surface area contributed by atoms with Gasteiger partial charge < -0.3 is 10.2 Å². The molecule has 1 aliphatic heterocycles. The second-order valence-electron chi connectivity index (χ2n) is 4.55. The van der Waals surface area contributed by atoms with Crippen molar-refractivity contribution in [2.75, 3.05) is 29.2 Å². The van der Waals surface area contributed by atoms with Gasteiger partial charge in [-0.2, -0.15) is 0 Å². The van der Waals surface area contributed by atoms with E-state index < -0.39 is 0 Å². The van der Waals surface area contributed by atoms with Gasteiger partial charge >= 0.3 is 0 Å². The number of hydrogen-bond donors (Lipinski definition) is 1. The largest absolute Gasteiger partial charge is 0.371 e. The molecule has 4 nitrogen and oxygen atoms in total. The smallest absolute Gasteiger partial charge is 0.241 e. The quantitative estimate of drug-likeness (QED) is 0.885. The zero-order chi connectivity index (χ0) is 13.2. The SMILES string of the molecule is O=C(CCl)Nc1nc2ccc(N3CCCC3)cc2s1. The summed E-state index contributed by atoms with van der Waals surface area (Å²) in [5, 5.41) is 3.30. The highest BCUT2D eigenvalue weighted by atomic mass is 35.5. The Morgan fingerprint density at radius 2 is 2.21 bits per heavy atom. The third-order valence-electron chi connectivity index (χ3n) is 3.21. The second-order valence-corrected chi connectivity index (χ2v) is 5.84. The fourth-order valence-corrected chi connectivity index (χ4v) is 3.27. The van der Waals surface area contributed by atoms with E-state index in [-0.39, 0.29) is 11.8 Å². The van der Waals surface area contributed by atoms with E-state index in [2.05, 4.69) is 27.3 Å². The van der Waals surface area contributed by atoms with Gasteiger partial charge in [0.1, 0.15) is 5.88 Å². The number of fused-ring (bicyclic) bond motifs is 1. The first kappa shape index (κ1) is 12.7. The number of nitrogens with one attached hydrogen (secondary N) is 1. The summed E-state index contributed by atoms with van der Waals surface area (Å²) in [4.78, 5) is 18.0. The summed E-state index contributed by atoms with van der Waals surface area (Å²) in [5.74, 6) is -0.268. The Labute approximate surface area is 120 Å². The van der Waals surface area contributed by atoms with Crippen LogP contribution < -0.4 is 10.2 Å². The van der Waals surface area contributed by atoms with E-state index in [1.807, 2.05) is 6.07 Å². The van der Waals surface area contributed by atoms with Crippen LogP contribution in [-0.2, 0) is 4.79 Å². The predicted molar refractivity (Wildman–Crippen MR) is 80.4 cm³/mol. The Balaban J connectivity index is 1.88. The molecule has 0 atom stereocenters. The Hall–Kier alpha value is -1.33. The molecule has 1 N–H and O–H groups in total. The first-order chi connectivity index (χ1) is 9.26. The van der Waals surface area contributed by atoms with E-state index in [1.165, 1.54) is 29.9 Å². The number of benzene rings is 1. The monoisotopic (exact) mass is 295 g/mol. The first-order valence-electron chi connectivity index (χ1n) is 6.27. The van der Waals surface area contributed by atoms with Crippen LogP contribution in [0.2, 0.25) is 0 Å². The van der Waals surface area contributed by atoms with E-state index in [9.17, 15) is 4.79 Å². The van der Waals surface area contributed by atoms with Crippen LogP contribution in [-0.4, -0.2) is 29.9 Å². The van der Waals surface area contributed by atoms with Crippen molar-refractivity contribution >= 4 is 49.9 Å². The van der Waals surface area contributed by atoms with Crippen molar-refractivity contribution < 1.29 is 4.79 Å². The van der Waals surface area contributed by atoms with Crippen LogP contribution in [0.15, 0.2) is 18.2 Å². The summed E-state index contributed by atoms with van der Waals surface area (Å²) < 4.78 is 1.09. The number of hydrogen-bond acceptors (Lipinski definition) is 4. The number of halogens is 1. The highest BCUT2D eigenvalue weighted by molar-refractivity contribution is 7.22. The average molecular weight is 296 g/mol. The van der Waals surface area contributed by atoms with Crippen molar-refractivity contribution in [3.63, 3.8) is 0 Å². The van der Waals surface area contributed by atoms with Gasteiger partial charge in [0, 0.05) is 18.8 Å². The van der Waals surface area contributed by atoms with Crippen LogP contribution in [0, 0.1) is 0 Å². The second kappa shape index (κ2) is 5.35. The van der Waals surface area contributed by atoms with Gasteiger partial charge in [-0.05, 0) is 31.0 Å². The molecule has 0 unspecified atom stereocenters. The summed E-state index contributed by atoms with van der Waals surface area (Å²) in [7, 11) is 0. The lowest BCUT2D eigenvalue weighted by Gasteiger charge is -2.16. The molecule has 6 heteroatoms. The molecular weight excluding hydrogens is 282 g/mol. The normalized spacial score (nSPS) is 15.1. The Kier molecular flexibility index (Phi) is 3.57. The number of carbonyl (C=O) groups excluding carboxylic acids is 1. The lowest BCUT2D eigenvalue weighted by molar-refractivity contribution is -0.113. The van der Waals surface area contributed by atoms with Crippen molar-refractivity contribution in [1.82, 2.24) is 4.98 Å². The molecule has 2 aromatic rings. The summed E-state index contributed by atoms with van der Waals surface area (Å²) in [5.41, 5.74) is 2.15. The number of thiazole rings is 1. The van der Waals surface area contributed by atoms with Crippen LogP contribution in [0.1, 0.15) is 12.8 Å². The maximum absolute atomic E-state index is 11.2. The van der Waals surface area contributed by atoms with Gasteiger partial charge in [-0.25, -0.2) is 4.98 Å². The molecule has 1 amide bonds. The molecule has 0 aliphatic carbocycles. The molecule has 1 fully saturated rings. The van der Waals surface area contributed by atoms with E-state index in [1.54, 1.807) is 0 Å². The average Bonchev–Trinajstić information content (AvgIpc) is 3.06. The molecule has 100 valence electrons. The van der Waals surface area contributed by atoms with Crippen LogP contribution >= 0.6 is 22.9 Å². The Morgan fingerprint density at radius 1 is 1.42 bits per heavy atom. The highest BCUT2D eigenvalue weighted by Gasteiger charge is 2.14. The molecule has 3 rings (SSSR count). The molecule has 1 aliphatic rings. The third kappa shape index (κ3) is 2.67. The number of rotatable bonds is 3. The molecular formula is C13H14ClN3OS. The number of aromatic nitrogens is 1. The van der Waals surface area contributed by atoms with Crippen molar-refractivity contribution in [3.8, 4) is 0 Å². The number of alkyl halides is 1. The van der Waals surface area contributed by atoms with Gasteiger partial charge in [-0.3, -0.25) is 4.79 Å². The minimum absolute atomic E-state index is 0.0467. The molecule has 1 aromatic heterocycles. The fourth-order valence-electron chi connectivity index (χ4n) is 2.29. The topological polar surface area (TPSA) is 45.2 Å². The van der Waals surface area contributed by atoms with Gasteiger partial charge in [-0.15, -0.1) is 11.6 Å². The number of carbonyl (C=O) groups is 1. The van der Waals surface area contributed by atoms with Crippen LogP contribution in [0.4, 0.5) is 10.8 Å². The summed E-state index contributed by atoms with van der Waals surface area (Å²) in [6.45, 7) is 2.25. The van der Waals surface area contributed by atoms with Gasteiger partial charge in [0.25, 0.3) is 0 Å². The van der Waals surface area contributed by atoms with E-state index in [4.69, 9.17) is 11.6 Å². The van der Waals surface area contributed by atoms with Crippen LogP contribution in [0.5, 0.6) is 0 Å². The molecule has 0 saturated carbocycles. The summed E-state index contributed by atoms with van der Waals surface area (Å²) >= 11 is 6.96. The van der Waals surface area contributed by atoms with Gasteiger partial charge in [0.05, 0.1) is 10.2 Å². The van der Waals surface area contributed by atoms with E-state index >= 15 is 0 Å². The molecule has 0 radical (unpaired) electrons. The Bertz CT molecular complexity index is 607. The van der Waals surface area contributed by atoms with Gasteiger partial charge in [-0.1, -0.05) is 11.3 Å². The van der Waals surface area contributed by atoms with Crippen LogP contribution in [0.25, 0.3) is 10.2 Å². The lowest BCUT2D eigenvalue weighted by Crippen LogP contribution is -2.17. The van der Waals surface area contributed by atoms with Crippen molar-refractivity contribution in [2.24, 2.45) is 0 Å². The first-order valence-corrected chi connectivity index (χ1v) is 7.63. The maximum atomic E-state index is 11.2. The van der Waals surface area contributed by atoms with E-state index in [0.717, 1.165) is 23.3 Å². The summed E-state index contributed by atoms with van der Waals surface area (Å²) in [6, 6.07) is 6.25. The predicted octanol–water partition coefficient (Wildman–Crippen LogP) is 3.07. The van der Waals surface area contributed by atoms with Crippen molar-refractivity contribution in [1.29, 1.82) is 0 Å². The zero-order valence-corrected chi connectivity index (χ0v) is 11.9. The van der Waals surface area contributed by atoms with Gasteiger partial charge in [0.2, 0.25) is 5.91 Å². The zero-order valence-electron chi connectivity index (χ0n) is 10.4. The Morgan fingerprint density at radius 3 is 2.95 bits per heavy atom. The third-order valence-corrected chi connectivity index (χ3v) is 4.39. The number of anilines is 2. The molecule has 1 saturated heterocycles. The van der Waals surface area contributed by atoms with Gasteiger partial charge in [0.15, 0.2) is 5.13 Å². The highest BCUT2D eigenvalue weighted by Crippen LogP contribution is 2.30. The standard InChI is InChI=1S/C13H14ClN3OS/c14-8-12(18)16-13-15-10-4-3-9(7-11(10)19-13)17-5-1-2-6-17/h3-4,7H,1-2,5-6,8H2,(H,15,16,18).